The molecule has 1 aromatic heterocycles. The Labute approximate surface area is 103 Å². The fraction of sp³-hybridized carbons (Fsp3) is 0.333. The minimum absolute atomic E-state index is 0.0685. The van der Waals surface area contributed by atoms with Crippen molar-refractivity contribution in [3.63, 3.8) is 0 Å². The van der Waals surface area contributed by atoms with E-state index in [-0.39, 0.29) is 11.5 Å². The van der Waals surface area contributed by atoms with Crippen molar-refractivity contribution in [3.05, 3.63) is 35.7 Å². The fourth-order valence-electron chi connectivity index (χ4n) is 1.50. The highest BCUT2D eigenvalue weighted by molar-refractivity contribution is 5.53. The molecule has 0 bridgehead atoms. The van der Waals surface area contributed by atoms with Crippen LogP contribution in [0.15, 0.2) is 22.6 Å². The Hall–Kier alpha value is -1.82. The molecule has 0 atom stereocenters. The summed E-state index contributed by atoms with van der Waals surface area (Å²) in [6.45, 7) is 3.56. The van der Waals surface area contributed by atoms with Crippen molar-refractivity contribution in [1.29, 1.82) is 0 Å². The summed E-state index contributed by atoms with van der Waals surface area (Å²) in [5.74, 6) is -0.853. The van der Waals surface area contributed by atoms with Crippen LogP contribution in [0, 0.1) is 11.6 Å². The molecule has 1 heterocycles. The van der Waals surface area contributed by atoms with E-state index in [0.717, 1.165) is 18.7 Å². The predicted molar refractivity (Wildman–Crippen MR) is 61.9 cm³/mol. The van der Waals surface area contributed by atoms with E-state index >= 15 is 0 Å². The average Bonchev–Trinajstić information content (AvgIpc) is 2.78. The van der Waals surface area contributed by atoms with E-state index in [4.69, 9.17) is 4.42 Å². The van der Waals surface area contributed by atoms with Crippen LogP contribution in [-0.4, -0.2) is 23.3 Å². The molecule has 0 radical (unpaired) electrons. The highest BCUT2D eigenvalue weighted by atomic mass is 19.1. The Bertz CT molecular complexity index is 528. The third-order valence-electron chi connectivity index (χ3n) is 2.39. The van der Waals surface area contributed by atoms with Crippen molar-refractivity contribution in [2.24, 2.45) is 0 Å². The van der Waals surface area contributed by atoms with Crippen LogP contribution in [0.2, 0.25) is 0 Å². The molecule has 1 N–H and O–H groups in total. The number of rotatable bonds is 5. The largest absolute Gasteiger partial charge is 0.421 e. The second-order valence-corrected chi connectivity index (χ2v) is 3.73. The first kappa shape index (κ1) is 12.6. The van der Waals surface area contributed by atoms with Crippen LogP contribution in [0.5, 0.6) is 0 Å². The van der Waals surface area contributed by atoms with Gasteiger partial charge >= 0.3 is 0 Å². The summed E-state index contributed by atoms with van der Waals surface area (Å²) in [5, 5.41) is 10.7. The Morgan fingerprint density at radius 1 is 1.28 bits per heavy atom. The fourth-order valence-corrected chi connectivity index (χ4v) is 1.50. The number of nitrogens with zero attached hydrogens (tertiary/aromatic N) is 2. The van der Waals surface area contributed by atoms with Gasteiger partial charge in [0.15, 0.2) is 0 Å². The van der Waals surface area contributed by atoms with E-state index < -0.39 is 11.6 Å². The lowest BCUT2D eigenvalue weighted by Gasteiger charge is -1.98. The summed E-state index contributed by atoms with van der Waals surface area (Å²) >= 11 is 0. The van der Waals surface area contributed by atoms with Gasteiger partial charge in [-0.15, -0.1) is 10.2 Å². The van der Waals surface area contributed by atoms with Crippen LogP contribution in [-0.2, 0) is 6.42 Å². The Kier molecular flexibility index (Phi) is 3.99. The highest BCUT2D eigenvalue weighted by Crippen LogP contribution is 2.22. The van der Waals surface area contributed by atoms with Crippen molar-refractivity contribution in [1.82, 2.24) is 15.5 Å². The topological polar surface area (TPSA) is 51.0 Å². The van der Waals surface area contributed by atoms with Crippen molar-refractivity contribution in [2.75, 3.05) is 13.1 Å². The zero-order valence-electron chi connectivity index (χ0n) is 9.91. The molecule has 0 aliphatic rings. The molecule has 96 valence electrons. The average molecular weight is 253 g/mol. The molecular weight excluding hydrogens is 240 g/mol. The molecule has 0 fully saturated rings. The van der Waals surface area contributed by atoms with Gasteiger partial charge in [-0.3, -0.25) is 0 Å². The van der Waals surface area contributed by atoms with E-state index in [1.807, 2.05) is 6.92 Å². The van der Waals surface area contributed by atoms with Gasteiger partial charge in [0, 0.05) is 19.0 Å². The van der Waals surface area contributed by atoms with Gasteiger partial charge in [-0.05, 0) is 18.7 Å². The van der Waals surface area contributed by atoms with E-state index in [2.05, 4.69) is 15.5 Å². The van der Waals surface area contributed by atoms with Gasteiger partial charge in [-0.1, -0.05) is 6.92 Å². The minimum atomic E-state index is -0.711. The normalized spacial score (nSPS) is 10.8. The van der Waals surface area contributed by atoms with Gasteiger partial charge in [0.25, 0.3) is 5.89 Å². The van der Waals surface area contributed by atoms with Crippen LogP contribution >= 0.6 is 0 Å². The lowest BCUT2D eigenvalue weighted by Crippen LogP contribution is -2.16. The lowest BCUT2D eigenvalue weighted by molar-refractivity contribution is 0.492. The zero-order chi connectivity index (χ0) is 13.0. The first-order chi connectivity index (χ1) is 8.70. The maximum atomic E-state index is 13.5. The van der Waals surface area contributed by atoms with E-state index in [1.165, 1.54) is 6.07 Å². The number of likely N-dealkylation sites (N-methyl/N-ethyl adjacent to an activating group) is 1. The quantitative estimate of drug-likeness (QED) is 0.830. The molecule has 2 rings (SSSR count). The molecule has 1 aromatic carbocycles. The Morgan fingerprint density at radius 3 is 2.83 bits per heavy atom. The summed E-state index contributed by atoms with van der Waals surface area (Å²) in [6, 6.07) is 3.23. The van der Waals surface area contributed by atoms with E-state index in [1.54, 1.807) is 0 Å². The summed E-state index contributed by atoms with van der Waals surface area (Å²) in [6.07, 6.45) is 0.573. The standard InChI is InChI=1S/C12H13F2N3O/c1-2-15-6-5-11-16-17-12(18-11)9-4-3-8(13)7-10(9)14/h3-4,7,15H,2,5-6H2,1H3. The number of hydrogen-bond acceptors (Lipinski definition) is 4. The maximum absolute atomic E-state index is 13.5. The third-order valence-corrected chi connectivity index (χ3v) is 2.39. The molecule has 4 nitrogen and oxygen atoms in total. The summed E-state index contributed by atoms with van der Waals surface area (Å²) < 4.78 is 31.5. The van der Waals surface area contributed by atoms with Gasteiger partial charge in [0.05, 0.1) is 5.56 Å². The number of aromatic nitrogens is 2. The van der Waals surface area contributed by atoms with Crippen LogP contribution in [0.4, 0.5) is 8.78 Å². The van der Waals surface area contributed by atoms with Gasteiger partial charge in [0.1, 0.15) is 11.6 Å². The highest BCUT2D eigenvalue weighted by Gasteiger charge is 2.13. The molecule has 2 aromatic rings. The molecule has 0 amide bonds. The summed E-state index contributed by atoms with van der Waals surface area (Å²) in [4.78, 5) is 0. The van der Waals surface area contributed by atoms with Crippen LogP contribution in [0.1, 0.15) is 12.8 Å². The van der Waals surface area contributed by atoms with Gasteiger partial charge in [-0.2, -0.15) is 0 Å². The molecule has 0 aliphatic carbocycles. The summed E-state index contributed by atoms with van der Waals surface area (Å²) in [5.41, 5.74) is 0.110. The minimum Gasteiger partial charge on any atom is -0.421 e. The van der Waals surface area contributed by atoms with E-state index in [9.17, 15) is 8.78 Å². The monoisotopic (exact) mass is 253 g/mol. The SMILES string of the molecule is CCNCCc1nnc(-c2ccc(F)cc2F)o1. The second-order valence-electron chi connectivity index (χ2n) is 3.73. The molecule has 0 spiro atoms. The van der Waals surface area contributed by atoms with Crippen LogP contribution in [0.3, 0.4) is 0 Å². The van der Waals surface area contributed by atoms with Crippen molar-refractivity contribution >= 4 is 0 Å². The lowest BCUT2D eigenvalue weighted by atomic mass is 10.2. The maximum Gasteiger partial charge on any atom is 0.250 e. The first-order valence-electron chi connectivity index (χ1n) is 5.69. The van der Waals surface area contributed by atoms with Crippen molar-refractivity contribution in [3.8, 4) is 11.5 Å². The predicted octanol–water partition coefficient (Wildman–Crippen LogP) is 2.17. The molecule has 0 aliphatic heterocycles. The van der Waals surface area contributed by atoms with Crippen LogP contribution < -0.4 is 5.32 Å². The number of halogens is 2. The van der Waals surface area contributed by atoms with Crippen molar-refractivity contribution < 1.29 is 13.2 Å². The molecule has 0 unspecified atom stereocenters. The number of nitrogens with one attached hydrogen (secondary N) is 1. The molecule has 0 saturated heterocycles. The molecular formula is C12H13F2N3O. The van der Waals surface area contributed by atoms with Gasteiger partial charge in [-0.25, -0.2) is 8.78 Å². The Balaban J connectivity index is 2.13. The summed E-state index contributed by atoms with van der Waals surface area (Å²) in [7, 11) is 0. The molecule has 18 heavy (non-hydrogen) atoms. The molecule has 6 heteroatoms. The van der Waals surface area contributed by atoms with Crippen LogP contribution in [0.25, 0.3) is 11.5 Å². The first-order valence-corrected chi connectivity index (χ1v) is 5.69. The van der Waals surface area contributed by atoms with Gasteiger partial charge < -0.3 is 9.73 Å². The van der Waals surface area contributed by atoms with Crippen molar-refractivity contribution in [2.45, 2.75) is 13.3 Å². The zero-order valence-corrected chi connectivity index (χ0v) is 9.91. The number of benzene rings is 1. The third kappa shape index (κ3) is 2.89. The number of hydrogen-bond donors (Lipinski definition) is 1. The smallest absolute Gasteiger partial charge is 0.250 e. The van der Waals surface area contributed by atoms with E-state index in [0.29, 0.717) is 18.9 Å². The molecule has 0 saturated carbocycles. The van der Waals surface area contributed by atoms with Gasteiger partial charge in [0.2, 0.25) is 5.89 Å². The Morgan fingerprint density at radius 2 is 2.11 bits per heavy atom. The second kappa shape index (κ2) is 5.68.